The predicted molar refractivity (Wildman–Crippen MR) is 102 cm³/mol. The molecule has 0 amide bonds. The van der Waals surface area contributed by atoms with Crippen LogP contribution in [0.5, 0.6) is 0 Å². The molecule has 4 aromatic carbocycles. The van der Waals surface area contributed by atoms with Crippen molar-refractivity contribution in [2.45, 2.75) is 0 Å². The Balaban J connectivity index is 1.94. The van der Waals surface area contributed by atoms with Crippen LogP contribution in [0.3, 0.4) is 0 Å². The molecule has 0 atom stereocenters. The molecule has 1 aromatic heterocycles. The SMILES string of the molecule is [2H]c1ccnc(-c2ccc3c4ccc([2H])cc4c4cc([2H])ccc4c3c2)c1. The molecular formula is C23H15N. The van der Waals surface area contributed by atoms with Crippen LogP contribution < -0.4 is 0 Å². The summed E-state index contributed by atoms with van der Waals surface area (Å²) in [5.74, 6) is 0. The minimum Gasteiger partial charge on any atom is -0.256 e. The molecule has 0 spiro atoms. The van der Waals surface area contributed by atoms with Gasteiger partial charge in [-0.05, 0) is 50.5 Å². The monoisotopic (exact) mass is 308 g/mol. The Morgan fingerprint density at radius 3 is 1.96 bits per heavy atom. The van der Waals surface area contributed by atoms with Gasteiger partial charge in [-0.3, -0.25) is 4.98 Å². The first-order valence-electron chi connectivity index (χ1n) is 9.40. The molecule has 0 aliphatic rings. The lowest BCUT2D eigenvalue weighted by molar-refractivity contribution is 1.33. The zero-order valence-corrected chi connectivity index (χ0v) is 12.9. The van der Waals surface area contributed by atoms with E-state index in [1.807, 2.05) is 30.3 Å². The van der Waals surface area contributed by atoms with Gasteiger partial charge >= 0.3 is 0 Å². The molecule has 0 unspecified atom stereocenters. The zero-order chi connectivity index (χ0) is 18.5. The van der Waals surface area contributed by atoms with Crippen LogP contribution in [0, 0.1) is 0 Å². The van der Waals surface area contributed by atoms with E-state index < -0.39 is 0 Å². The van der Waals surface area contributed by atoms with Crippen molar-refractivity contribution in [3.05, 3.63) is 91.1 Å². The van der Waals surface area contributed by atoms with E-state index in [4.69, 9.17) is 4.11 Å². The standard InChI is InChI=1S/C23H15N/c1-2-9-19-17(7-1)18-8-3-4-10-20(18)22-15-16(12-13-21(19)22)23-11-5-6-14-24-23/h1-15H/i1D,3D,5D. The van der Waals surface area contributed by atoms with E-state index in [0.717, 1.165) is 43.6 Å². The summed E-state index contributed by atoms with van der Waals surface area (Å²) >= 11 is 0. The largest absolute Gasteiger partial charge is 0.256 e. The van der Waals surface area contributed by atoms with Crippen LogP contribution in [0.1, 0.15) is 4.11 Å². The first kappa shape index (κ1) is 10.6. The summed E-state index contributed by atoms with van der Waals surface area (Å²) < 4.78 is 23.9. The summed E-state index contributed by atoms with van der Waals surface area (Å²) in [4.78, 5) is 4.41. The second kappa shape index (κ2) is 5.17. The topological polar surface area (TPSA) is 12.9 Å². The van der Waals surface area contributed by atoms with E-state index in [0.29, 0.717) is 18.1 Å². The minimum atomic E-state index is 0.435. The fraction of sp³-hybridized carbons (Fsp3) is 0. The van der Waals surface area contributed by atoms with Crippen LogP contribution in [-0.2, 0) is 0 Å². The maximum Gasteiger partial charge on any atom is 0.0702 e. The van der Waals surface area contributed by atoms with Gasteiger partial charge in [0.15, 0.2) is 0 Å². The minimum absolute atomic E-state index is 0.435. The molecular weight excluding hydrogens is 290 g/mol. The van der Waals surface area contributed by atoms with Crippen molar-refractivity contribution in [1.82, 2.24) is 4.98 Å². The molecule has 1 heteroatoms. The molecule has 0 fully saturated rings. The Bertz CT molecular complexity index is 1360. The summed E-state index contributed by atoms with van der Waals surface area (Å²) in [7, 11) is 0. The number of aromatic nitrogens is 1. The van der Waals surface area contributed by atoms with Crippen LogP contribution in [0.15, 0.2) is 91.1 Å². The second-order valence-corrected chi connectivity index (χ2v) is 5.84. The maximum absolute atomic E-state index is 8.04. The Kier molecular flexibility index (Phi) is 2.28. The number of nitrogens with zero attached hydrogens (tertiary/aromatic N) is 1. The lowest BCUT2D eigenvalue weighted by Crippen LogP contribution is -1.86. The maximum atomic E-state index is 8.04. The molecule has 5 aromatic rings. The fourth-order valence-corrected chi connectivity index (χ4v) is 3.42. The van der Waals surface area contributed by atoms with Gasteiger partial charge in [-0.25, -0.2) is 0 Å². The van der Waals surface area contributed by atoms with Crippen LogP contribution in [0.25, 0.3) is 43.6 Å². The lowest BCUT2D eigenvalue weighted by Gasteiger charge is -2.11. The lowest BCUT2D eigenvalue weighted by atomic mass is 9.93. The normalized spacial score (nSPS) is 13.1. The second-order valence-electron chi connectivity index (χ2n) is 5.84. The van der Waals surface area contributed by atoms with Gasteiger partial charge in [0.2, 0.25) is 0 Å². The van der Waals surface area contributed by atoms with Crippen molar-refractivity contribution < 1.29 is 4.11 Å². The number of rotatable bonds is 1. The predicted octanol–water partition coefficient (Wildman–Crippen LogP) is 6.21. The molecule has 0 bridgehead atoms. The van der Waals surface area contributed by atoms with Crippen molar-refractivity contribution >= 4 is 32.3 Å². The van der Waals surface area contributed by atoms with Crippen LogP contribution >= 0.6 is 0 Å². The molecule has 1 heterocycles. The number of hydrogen-bond acceptors (Lipinski definition) is 1. The molecule has 24 heavy (non-hydrogen) atoms. The number of fused-ring (bicyclic) bond motifs is 6. The highest BCUT2D eigenvalue weighted by Crippen LogP contribution is 2.36. The van der Waals surface area contributed by atoms with Gasteiger partial charge in [0.1, 0.15) is 0 Å². The third kappa shape index (κ3) is 1.92. The molecule has 1 nitrogen and oxygen atoms in total. The molecule has 0 saturated heterocycles. The van der Waals surface area contributed by atoms with Gasteiger partial charge in [0.05, 0.1) is 9.81 Å². The van der Waals surface area contributed by atoms with Crippen molar-refractivity contribution in [2.24, 2.45) is 0 Å². The highest BCUT2D eigenvalue weighted by molar-refractivity contribution is 6.25. The van der Waals surface area contributed by atoms with Gasteiger partial charge in [-0.15, -0.1) is 0 Å². The third-order valence-electron chi connectivity index (χ3n) is 4.52. The smallest absolute Gasteiger partial charge is 0.0702 e. The molecule has 0 aliphatic carbocycles. The van der Waals surface area contributed by atoms with Crippen molar-refractivity contribution in [1.29, 1.82) is 0 Å². The molecule has 0 saturated carbocycles. The highest BCUT2D eigenvalue weighted by Gasteiger charge is 2.09. The van der Waals surface area contributed by atoms with Crippen molar-refractivity contribution in [2.75, 3.05) is 0 Å². The number of hydrogen-bond donors (Lipinski definition) is 0. The summed E-state index contributed by atoms with van der Waals surface area (Å²) in [6.07, 6.45) is 1.66. The average Bonchev–Trinajstić information content (AvgIpc) is 2.67. The van der Waals surface area contributed by atoms with Gasteiger partial charge in [-0.2, -0.15) is 0 Å². The van der Waals surface area contributed by atoms with Gasteiger partial charge in [0, 0.05) is 11.8 Å². The van der Waals surface area contributed by atoms with E-state index in [1.54, 1.807) is 30.5 Å². The van der Waals surface area contributed by atoms with E-state index in [1.165, 1.54) is 0 Å². The summed E-state index contributed by atoms with van der Waals surface area (Å²) in [5, 5.41) is 6.32. The fourth-order valence-electron chi connectivity index (χ4n) is 3.42. The Morgan fingerprint density at radius 1 is 0.583 bits per heavy atom. The summed E-state index contributed by atoms with van der Waals surface area (Å²) in [6.45, 7) is 0. The molecule has 0 radical (unpaired) electrons. The van der Waals surface area contributed by atoms with E-state index in [-0.39, 0.29) is 0 Å². The van der Waals surface area contributed by atoms with E-state index >= 15 is 0 Å². The number of pyridine rings is 1. The van der Waals surface area contributed by atoms with Gasteiger partial charge in [0.25, 0.3) is 0 Å². The first-order chi connectivity index (χ1) is 13.1. The molecule has 0 aliphatic heterocycles. The number of benzene rings is 4. The summed E-state index contributed by atoms with van der Waals surface area (Å²) in [6, 6.07) is 22.3. The van der Waals surface area contributed by atoms with Crippen LogP contribution in [0.2, 0.25) is 0 Å². The van der Waals surface area contributed by atoms with Crippen LogP contribution in [-0.4, -0.2) is 4.98 Å². The molecule has 0 N–H and O–H groups in total. The van der Waals surface area contributed by atoms with Crippen molar-refractivity contribution in [3.63, 3.8) is 0 Å². The first-order valence-corrected chi connectivity index (χ1v) is 7.90. The average molecular weight is 308 g/mol. The molecule has 5 rings (SSSR count). The quantitative estimate of drug-likeness (QED) is 0.335. The Morgan fingerprint density at radius 2 is 1.21 bits per heavy atom. The van der Waals surface area contributed by atoms with E-state index in [9.17, 15) is 0 Å². The van der Waals surface area contributed by atoms with Crippen LogP contribution in [0.4, 0.5) is 0 Å². The van der Waals surface area contributed by atoms with Crippen molar-refractivity contribution in [3.8, 4) is 11.3 Å². The Hall–Kier alpha value is -3.19. The summed E-state index contributed by atoms with van der Waals surface area (Å²) in [5.41, 5.74) is 1.74. The van der Waals surface area contributed by atoms with E-state index in [2.05, 4.69) is 17.1 Å². The molecule has 112 valence electrons. The zero-order valence-electron chi connectivity index (χ0n) is 15.9. The van der Waals surface area contributed by atoms with Gasteiger partial charge < -0.3 is 0 Å². The third-order valence-corrected chi connectivity index (χ3v) is 4.52. The van der Waals surface area contributed by atoms with Gasteiger partial charge in [-0.1, -0.05) is 66.7 Å². The Labute approximate surface area is 144 Å². The highest BCUT2D eigenvalue weighted by atomic mass is 14.7.